The molecule has 1 aromatic rings. The summed E-state index contributed by atoms with van der Waals surface area (Å²) in [6, 6.07) is 7.96. The smallest absolute Gasteiger partial charge is 0.318 e. The average molecular weight is 258 g/mol. The van der Waals surface area contributed by atoms with Crippen LogP contribution >= 0.6 is 0 Å². The molecule has 100 valence electrons. The van der Waals surface area contributed by atoms with Crippen molar-refractivity contribution in [1.29, 1.82) is 0 Å². The van der Waals surface area contributed by atoms with Crippen molar-refractivity contribution in [2.75, 3.05) is 26.2 Å². The summed E-state index contributed by atoms with van der Waals surface area (Å²) >= 11 is 0. The number of urea groups is 1. The standard InChI is InChI=1S/C15H18N2O2/c1-3-8-16-15(18)17-9-10-19-14(11-17)13-7-5-4-6-12(13)2/h1,4-7,14H,8-11H2,2H3,(H,16,18). The Morgan fingerprint density at radius 3 is 3.11 bits per heavy atom. The van der Waals surface area contributed by atoms with Crippen LogP contribution in [0.2, 0.25) is 0 Å². The Kier molecular flexibility index (Phi) is 4.43. The summed E-state index contributed by atoms with van der Waals surface area (Å²) in [5, 5.41) is 2.68. The second kappa shape index (κ2) is 6.26. The molecule has 0 spiro atoms. The zero-order valence-electron chi connectivity index (χ0n) is 11.1. The molecule has 0 radical (unpaired) electrons. The highest BCUT2D eigenvalue weighted by Crippen LogP contribution is 2.24. The number of aryl methyl sites for hydroxylation is 1. The third kappa shape index (κ3) is 3.27. The van der Waals surface area contributed by atoms with Crippen molar-refractivity contribution in [2.24, 2.45) is 0 Å². The van der Waals surface area contributed by atoms with Gasteiger partial charge in [0.05, 0.1) is 19.7 Å². The number of hydrogen-bond acceptors (Lipinski definition) is 2. The number of terminal acetylenes is 1. The summed E-state index contributed by atoms with van der Waals surface area (Å²) in [4.78, 5) is 13.6. The molecule has 1 atom stereocenters. The van der Waals surface area contributed by atoms with Crippen LogP contribution in [0.1, 0.15) is 17.2 Å². The second-order valence-corrected chi connectivity index (χ2v) is 4.52. The number of morpholine rings is 1. The van der Waals surface area contributed by atoms with Gasteiger partial charge in [-0.3, -0.25) is 0 Å². The molecule has 0 bridgehead atoms. The first-order chi connectivity index (χ1) is 9.22. The van der Waals surface area contributed by atoms with Gasteiger partial charge in [-0.2, -0.15) is 0 Å². The van der Waals surface area contributed by atoms with Gasteiger partial charge in [0.15, 0.2) is 0 Å². The van der Waals surface area contributed by atoms with E-state index in [1.54, 1.807) is 4.90 Å². The molecule has 0 aromatic heterocycles. The number of nitrogens with one attached hydrogen (secondary N) is 1. The Balaban J connectivity index is 2.03. The molecular weight excluding hydrogens is 240 g/mol. The van der Waals surface area contributed by atoms with Crippen LogP contribution in [-0.4, -0.2) is 37.2 Å². The summed E-state index contributed by atoms with van der Waals surface area (Å²) in [5.41, 5.74) is 2.32. The molecule has 1 heterocycles. The summed E-state index contributed by atoms with van der Waals surface area (Å²) < 4.78 is 5.77. The molecule has 4 nitrogen and oxygen atoms in total. The van der Waals surface area contributed by atoms with Crippen molar-refractivity contribution in [3.05, 3.63) is 35.4 Å². The number of nitrogens with zero attached hydrogens (tertiary/aromatic N) is 1. The molecule has 2 rings (SSSR count). The van der Waals surface area contributed by atoms with Crippen LogP contribution in [0.5, 0.6) is 0 Å². The number of hydrogen-bond donors (Lipinski definition) is 1. The van der Waals surface area contributed by atoms with Gasteiger partial charge < -0.3 is 15.0 Å². The van der Waals surface area contributed by atoms with Crippen molar-refractivity contribution in [3.63, 3.8) is 0 Å². The van der Waals surface area contributed by atoms with Gasteiger partial charge in [0, 0.05) is 6.54 Å². The molecule has 1 fully saturated rings. The predicted molar refractivity (Wildman–Crippen MR) is 73.7 cm³/mol. The van der Waals surface area contributed by atoms with E-state index in [1.807, 2.05) is 18.2 Å². The van der Waals surface area contributed by atoms with E-state index in [1.165, 1.54) is 5.56 Å². The minimum absolute atomic E-state index is 0.0634. The largest absolute Gasteiger partial charge is 0.370 e. The Labute approximate surface area is 113 Å². The number of carbonyl (C=O) groups excluding carboxylic acids is 1. The third-order valence-electron chi connectivity index (χ3n) is 3.23. The lowest BCUT2D eigenvalue weighted by Gasteiger charge is -2.33. The van der Waals surface area contributed by atoms with E-state index in [0.29, 0.717) is 19.7 Å². The summed E-state index contributed by atoms with van der Waals surface area (Å²) in [6.07, 6.45) is 5.07. The lowest BCUT2D eigenvalue weighted by atomic mass is 10.0. The number of carbonyl (C=O) groups is 1. The molecule has 1 N–H and O–H groups in total. The lowest BCUT2D eigenvalue weighted by Crippen LogP contribution is -2.47. The fourth-order valence-electron chi connectivity index (χ4n) is 2.21. The maximum Gasteiger partial charge on any atom is 0.318 e. The molecule has 1 unspecified atom stereocenters. The van der Waals surface area contributed by atoms with Crippen LogP contribution in [0.4, 0.5) is 4.79 Å². The third-order valence-corrected chi connectivity index (χ3v) is 3.23. The van der Waals surface area contributed by atoms with Gasteiger partial charge in [0.1, 0.15) is 6.10 Å². The van der Waals surface area contributed by atoms with E-state index in [-0.39, 0.29) is 18.7 Å². The lowest BCUT2D eigenvalue weighted by molar-refractivity contribution is -0.0155. The monoisotopic (exact) mass is 258 g/mol. The van der Waals surface area contributed by atoms with E-state index in [0.717, 1.165) is 5.56 Å². The quantitative estimate of drug-likeness (QED) is 0.821. The molecule has 0 aliphatic carbocycles. The van der Waals surface area contributed by atoms with Crippen LogP contribution < -0.4 is 5.32 Å². The van der Waals surface area contributed by atoms with Crippen LogP contribution in [0.3, 0.4) is 0 Å². The summed E-state index contributed by atoms with van der Waals surface area (Å²) in [6.45, 7) is 4.00. The second-order valence-electron chi connectivity index (χ2n) is 4.52. The average Bonchev–Trinajstić information content (AvgIpc) is 2.45. The molecule has 0 saturated carbocycles. The van der Waals surface area contributed by atoms with Crippen LogP contribution in [0, 0.1) is 19.3 Å². The highest BCUT2D eigenvalue weighted by atomic mass is 16.5. The van der Waals surface area contributed by atoms with Crippen molar-refractivity contribution in [1.82, 2.24) is 10.2 Å². The molecule has 1 aliphatic rings. The number of amides is 2. The summed E-state index contributed by atoms with van der Waals surface area (Å²) in [7, 11) is 0. The van der Waals surface area contributed by atoms with Crippen molar-refractivity contribution < 1.29 is 9.53 Å². The van der Waals surface area contributed by atoms with Crippen LogP contribution in [0.25, 0.3) is 0 Å². The highest BCUT2D eigenvalue weighted by molar-refractivity contribution is 5.74. The summed E-state index contributed by atoms with van der Waals surface area (Å²) in [5.74, 6) is 2.40. The number of rotatable bonds is 2. The first kappa shape index (κ1) is 13.4. The molecule has 19 heavy (non-hydrogen) atoms. The van der Waals surface area contributed by atoms with E-state index in [4.69, 9.17) is 11.2 Å². The van der Waals surface area contributed by atoms with Gasteiger partial charge in [-0.1, -0.05) is 30.2 Å². The minimum atomic E-state index is -0.125. The fraction of sp³-hybridized carbons (Fsp3) is 0.400. The molecule has 4 heteroatoms. The fourth-order valence-corrected chi connectivity index (χ4v) is 2.21. The molecule has 1 aromatic carbocycles. The van der Waals surface area contributed by atoms with Crippen LogP contribution in [-0.2, 0) is 4.74 Å². The zero-order valence-corrected chi connectivity index (χ0v) is 11.1. The molecule has 1 saturated heterocycles. The Morgan fingerprint density at radius 2 is 2.37 bits per heavy atom. The van der Waals surface area contributed by atoms with Crippen molar-refractivity contribution in [2.45, 2.75) is 13.0 Å². The van der Waals surface area contributed by atoms with Crippen molar-refractivity contribution >= 4 is 6.03 Å². The predicted octanol–water partition coefficient (Wildman–Crippen LogP) is 1.71. The maximum absolute atomic E-state index is 11.9. The van der Waals surface area contributed by atoms with E-state index in [2.05, 4.69) is 24.2 Å². The normalized spacial score (nSPS) is 18.7. The number of ether oxygens (including phenoxy) is 1. The Morgan fingerprint density at radius 1 is 1.58 bits per heavy atom. The van der Waals surface area contributed by atoms with Gasteiger partial charge in [0.25, 0.3) is 0 Å². The van der Waals surface area contributed by atoms with E-state index < -0.39 is 0 Å². The highest BCUT2D eigenvalue weighted by Gasteiger charge is 2.25. The first-order valence-electron chi connectivity index (χ1n) is 6.35. The SMILES string of the molecule is C#CCNC(=O)N1CCOC(c2ccccc2C)C1. The van der Waals surface area contributed by atoms with Gasteiger partial charge in [-0.05, 0) is 18.1 Å². The topological polar surface area (TPSA) is 41.6 Å². The zero-order chi connectivity index (χ0) is 13.7. The number of benzene rings is 1. The molecule has 1 aliphatic heterocycles. The van der Waals surface area contributed by atoms with Gasteiger partial charge in [-0.25, -0.2) is 4.79 Å². The van der Waals surface area contributed by atoms with E-state index >= 15 is 0 Å². The minimum Gasteiger partial charge on any atom is -0.370 e. The molecule has 2 amide bonds. The Hall–Kier alpha value is -1.99. The van der Waals surface area contributed by atoms with Gasteiger partial charge in [-0.15, -0.1) is 6.42 Å². The first-order valence-corrected chi connectivity index (χ1v) is 6.35. The maximum atomic E-state index is 11.9. The van der Waals surface area contributed by atoms with Crippen molar-refractivity contribution in [3.8, 4) is 12.3 Å². The molecular formula is C15H18N2O2. The van der Waals surface area contributed by atoms with Crippen LogP contribution in [0.15, 0.2) is 24.3 Å². The van der Waals surface area contributed by atoms with Gasteiger partial charge in [0.2, 0.25) is 0 Å². The van der Waals surface area contributed by atoms with Gasteiger partial charge >= 0.3 is 6.03 Å². The Bertz CT molecular complexity index is 493. The van der Waals surface area contributed by atoms with E-state index in [9.17, 15) is 4.79 Å².